The maximum atomic E-state index is 3.46. The molecule has 3 heteroatoms. The van der Waals surface area contributed by atoms with E-state index < -0.39 is 0 Å². The van der Waals surface area contributed by atoms with Crippen molar-refractivity contribution in [2.24, 2.45) is 5.92 Å². The highest BCUT2D eigenvalue weighted by molar-refractivity contribution is 5.22. The van der Waals surface area contributed by atoms with E-state index in [2.05, 4.69) is 67.3 Å². The Labute approximate surface area is 130 Å². The lowest BCUT2D eigenvalue weighted by Crippen LogP contribution is -2.27. The van der Waals surface area contributed by atoms with Crippen molar-refractivity contribution in [1.29, 1.82) is 0 Å². The van der Waals surface area contributed by atoms with Gasteiger partial charge in [0.1, 0.15) is 0 Å². The van der Waals surface area contributed by atoms with E-state index in [1.807, 2.05) is 0 Å². The van der Waals surface area contributed by atoms with Crippen LogP contribution in [-0.2, 0) is 13.1 Å². The maximum absolute atomic E-state index is 3.46. The fourth-order valence-corrected chi connectivity index (χ4v) is 3.08. The predicted molar refractivity (Wildman–Crippen MR) is 90.4 cm³/mol. The number of rotatable bonds is 7. The van der Waals surface area contributed by atoms with E-state index in [1.54, 1.807) is 0 Å². The van der Waals surface area contributed by atoms with Gasteiger partial charge in [0.25, 0.3) is 0 Å². The third-order valence-electron chi connectivity index (χ3n) is 4.25. The summed E-state index contributed by atoms with van der Waals surface area (Å²) in [7, 11) is 4.47. The zero-order valence-corrected chi connectivity index (χ0v) is 14.1. The molecule has 0 amide bonds. The van der Waals surface area contributed by atoms with Gasteiger partial charge in [-0.25, -0.2) is 0 Å². The highest BCUT2D eigenvalue weighted by Gasteiger charge is 2.20. The third-order valence-corrected chi connectivity index (χ3v) is 4.25. The van der Waals surface area contributed by atoms with Crippen LogP contribution in [0.5, 0.6) is 0 Å². The van der Waals surface area contributed by atoms with Gasteiger partial charge < -0.3 is 15.1 Å². The fraction of sp³-hybridized carbons (Fsp3) is 0.667. The van der Waals surface area contributed by atoms with Gasteiger partial charge in [-0.1, -0.05) is 38.1 Å². The lowest BCUT2D eigenvalue weighted by molar-refractivity contribution is 0.267. The van der Waals surface area contributed by atoms with Gasteiger partial charge in [0, 0.05) is 32.2 Å². The van der Waals surface area contributed by atoms with E-state index in [9.17, 15) is 0 Å². The molecule has 0 spiro atoms. The molecule has 1 aliphatic rings. The van der Waals surface area contributed by atoms with Crippen LogP contribution in [0, 0.1) is 5.92 Å². The minimum atomic E-state index is 0.542. The van der Waals surface area contributed by atoms with E-state index >= 15 is 0 Å². The largest absolute Gasteiger partial charge is 0.310 e. The summed E-state index contributed by atoms with van der Waals surface area (Å²) < 4.78 is 0. The number of nitrogens with zero attached hydrogens (tertiary/aromatic N) is 2. The molecule has 1 N–H and O–H groups in total. The van der Waals surface area contributed by atoms with Crippen LogP contribution in [0.15, 0.2) is 24.3 Å². The summed E-state index contributed by atoms with van der Waals surface area (Å²) in [5, 5.41) is 3.46. The molecule has 0 aromatic heterocycles. The summed E-state index contributed by atoms with van der Waals surface area (Å²) in [5.74, 6) is 0.842. The molecule has 1 unspecified atom stereocenters. The normalized spacial score (nSPS) is 19.8. The molecule has 118 valence electrons. The molecule has 0 saturated carbocycles. The van der Waals surface area contributed by atoms with Crippen LogP contribution in [0.4, 0.5) is 0 Å². The van der Waals surface area contributed by atoms with Crippen molar-refractivity contribution in [3.63, 3.8) is 0 Å². The summed E-state index contributed by atoms with van der Waals surface area (Å²) in [6.45, 7) is 10.1. The summed E-state index contributed by atoms with van der Waals surface area (Å²) in [6, 6.07) is 9.59. The lowest BCUT2D eigenvalue weighted by atomic mass is 10.1. The first kappa shape index (κ1) is 16.5. The van der Waals surface area contributed by atoms with Crippen molar-refractivity contribution >= 4 is 0 Å². The van der Waals surface area contributed by atoms with E-state index in [1.165, 1.54) is 37.2 Å². The van der Waals surface area contributed by atoms with Gasteiger partial charge in [0.05, 0.1) is 0 Å². The van der Waals surface area contributed by atoms with Crippen molar-refractivity contribution < 1.29 is 0 Å². The minimum Gasteiger partial charge on any atom is -0.310 e. The fourth-order valence-electron chi connectivity index (χ4n) is 3.08. The van der Waals surface area contributed by atoms with Crippen molar-refractivity contribution in [2.75, 3.05) is 33.7 Å². The second-order valence-electron chi connectivity index (χ2n) is 6.97. The molecular formula is C18H31N3. The average Bonchev–Trinajstić information content (AvgIpc) is 2.83. The second-order valence-corrected chi connectivity index (χ2v) is 6.97. The van der Waals surface area contributed by atoms with Gasteiger partial charge in [-0.2, -0.15) is 0 Å². The van der Waals surface area contributed by atoms with Gasteiger partial charge in [-0.05, 0) is 44.1 Å². The Hall–Kier alpha value is -0.900. The molecule has 1 heterocycles. The predicted octanol–water partition coefficient (Wildman–Crippen LogP) is 2.57. The van der Waals surface area contributed by atoms with Crippen molar-refractivity contribution in [3.8, 4) is 0 Å². The Morgan fingerprint density at radius 1 is 1.24 bits per heavy atom. The van der Waals surface area contributed by atoms with Crippen molar-refractivity contribution in [3.05, 3.63) is 35.4 Å². The first-order valence-corrected chi connectivity index (χ1v) is 8.21. The molecule has 1 atom stereocenters. The van der Waals surface area contributed by atoms with Gasteiger partial charge in [-0.15, -0.1) is 0 Å². The number of benzene rings is 1. The third kappa shape index (κ3) is 5.77. The van der Waals surface area contributed by atoms with Crippen LogP contribution in [0.1, 0.15) is 31.4 Å². The van der Waals surface area contributed by atoms with Crippen LogP contribution in [0.3, 0.4) is 0 Å². The minimum absolute atomic E-state index is 0.542. The zero-order chi connectivity index (χ0) is 15.2. The van der Waals surface area contributed by atoms with Gasteiger partial charge in [0.2, 0.25) is 0 Å². The SMILES string of the molecule is CC(C)NCc1ccc(CN(C)CC2CCN(C)C2)cc1. The number of hydrogen-bond donors (Lipinski definition) is 1. The van der Waals surface area contributed by atoms with E-state index in [-0.39, 0.29) is 0 Å². The molecule has 1 aromatic rings. The van der Waals surface area contributed by atoms with Crippen molar-refractivity contribution in [2.45, 2.75) is 39.4 Å². The Bertz CT molecular complexity index is 413. The quantitative estimate of drug-likeness (QED) is 0.832. The number of nitrogens with one attached hydrogen (secondary N) is 1. The van der Waals surface area contributed by atoms with Crippen LogP contribution >= 0.6 is 0 Å². The molecule has 1 aliphatic heterocycles. The molecular weight excluding hydrogens is 258 g/mol. The first-order valence-electron chi connectivity index (χ1n) is 8.21. The Morgan fingerprint density at radius 2 is 1.90 bits per heavy atom. The van der Waals surface area contributed by atoms with Crippen LogP contribution in [0.25, 0.3) is 0 Å². The molecule has 0 radical (unpaired) electrons. The number of hydrogen-bond acceptors (Lipinski definition) is 3. The number of likely N-dealkylation sites (tertiary alicyclic amines) is 1. The Kier molecular flexibility index (Phi) is 6.22. The molecule has 1 aromatic carbocycles. The molecule has 21 heavy (non-hydrogen) atoms. The molecule has 0 bridgehead atoms. The smallest absolute Gasteiger partial charge is 0.0230 e. The highest BCUT2D eigenvalue weighted by atomic mass is 15.1. The van der Waals surface area contributed by atoms with Crippen LogP contribution in [0.2, 0.25) is 0 Å². The standard InChI is InChI=1S/C18H31N3/c1-15(2)19-11-16-5-7-17(8-6-16)12-21(4)14-18-9-10-20(3)13-18/h5-8,15,18-19H,9-14H2,1-4H3. The van der Waals surface area contributed by atoms with Gasteiger partial charge >= 0.3 is 0 Å². The monoisotopic (exact) mass is 289 g/mol. The molecule has 3 nitrogen and oxygen atoms in total. The zero-order valence-electron chi connectivity index (χ0n) is 14.1. The molecule has 1 saturated heterocycles. The van der Waals surface area contributed by atoms with Crippen molar-refractivity contribution in [1.82, 2.24) is 15.1 Å². The summed E-state index contributed by atoms with van der Waals surface area (Å²) in [4.78, 5) is 4.90. The van der Waals surface area contributed by atoms with Crippen LogP contribution in [-0.4, -0.2) is 49.6 Å². The maximum Gasteiger partial charge on any atom is 0.0230 e. The van der Waals surface area contributed by atoms with E-state index in [0.29, 0.717) is 6.04 Å². The highest BCUT2D eigenvalue weighted by Crippen LogP contribution is 2.16. The molecule has 2 rings (SSSR count). The summed E-state index contributed by atoms with van der Waals surface area (Å²) >= 11 is 0. The van der Waals surface area contributed by atoms with Gasteiger partial charge in [0.15, 0.2) is 0 Å². The molecule has 0 aliphatic carbocycles. The van der Waals surface area contributed by atoms with E-state index in [4.69, 9.17) is 0 Å². The first-order chi connectivity index (χ1) is 10.0. The molecule has 1 fully saturated rings. The lowest BCUT2D eigenvalue weighted by Gasteiger charge is -2.21. The summed E-state index contributed by atoms with van der Waals surface area (Å²) in [6.07, 6.45) is 1.35. The Balaban J connectivity index is 1.76. The topological polar surface area (TPSA) is 18.5 Å². The van der Waals surface area contributed by atoms with Gasteiger partial charge in [-0.3, -0.25) is 0 Å². The summed E-state index contributed by atoms with van der Waals surface area (Å²) in [5.41, 5.74) is 2.78. The van der Waals surface area contributed by atoms with Crippen LogP contribution < -0.4 is 5.32 Å². The second kappa shape index (κ2) is 7.92. The Morgan fingerprint density at radius 3 is 2.48 bits per heavy atom. The average molecular weight is 289 g/mol. The van der Waals surface area contributed by atoms with E-state index in [0.717, 1.165) is 19.0 Å².